The summed E-state index contributed by atoms with van der Waals surface area (Å²) in [6, 6.07) is -0.283. The van der Waals surface area contributed by atoms with Gasteiger partial charge in [0.15, 0.2) is 0 Å². The van der Waals surface area contributed by atoms with Gasteiger partial charge in [0.2, 0.25) is 5.91 Å². The molecule has 0 saturated carbocycles. The lowest BCUT2D eigenvalue weighted by Crippen LogP contribution is -2.47. The molecule has 0 aliphatic heterocycles. The zero-order chi connectivity index (χ0) is 23.8. The van der Waals surface area contributed by atoms with Crippen molar-refractivity contribution in [3.05, 3.63) is 0 Å². The van der Waals surface area contributed by atoms with Crippen molar-refractivity contribution in [2.75, 3.05) is 6.54 Å². The minimum atomic E-state index is -0.415. The molecule has 6 nitrogen and oxygen atoms in total. The van der Waals surface area contributed by atoms with Crippen LogP contribution in [-0.2, 0) is 19.2 Å². The number of amides is 1. The number of carbonyl (C=O) groups excluding carboxylic acids is 4. The van der Waals surface area contributed by atoms with Crippen LogP contribution in [0.3, 0.4) is 0 Å². The van der Waals surface area contributed by atoms with E-state index in [0.717, 1.165) is 0 Å². The van der Waals surface area contributed by atoms with Gasteiger partial charge < -0.3 is 10.6 Å². The van der Waals surface area contributed by atoms with Gasteiger partial charge in [-0.1, -0.05) is 41.5 Å². The van der Waals surface area contributed by atoms with Crippen LogP contribution >= 0.6 is 0 Å². The first-order chi connectivity index (χ1) is 13.4. The van der Waals surface area contributed by atoms with E-state index in [4.69, 9.17) is 0 Å². The van der Waals surface area contributed by atoms with Crippen molar-refractivity contribution in [1.82, 2.24) is 10.6 Å². The van der Waals surface area contributed by atoms with Crippen molar-refractivity contribution in [2.24, 2.45) is 10.8 Å². The van der Waals surface area contributed by atoms with Gasteiger partial charge in [-0.15, -0.1) is 0 Å². The van der Waals surface area contributed by atoms with Crippen molar-refractivity contribution in [1.29, 1.82) is 0 Å². The molecule has 0 aromatic rings. The highest BCUT2D eigenvalue weighted by Crippen LogP contribution is 2.19. The number of ketones is 3. The highest BCUT2D eigenvalue weighted by molar-refractivity contribution is 5.86. The molecule has 1 unspecified atom stereocenters. The second-order valence-electron chi connectivity index (χ2n) is 11.3. The lowest BCUT2D eigenvalue weighted by Gasteiger charge is -2.28. The molecule has 0 saturated heterocycles. The third-order valence-electron chi connectivity index (χ3n) is 4.75. The highest BCUT2D eigenvalue weighted by Gasteiger charge is 2.25. The fourth-order valence-electron chi connectivity index (χ4n) is 2.97. The largest absolute Gasteiger partial charge is 0.356 e. The van der Waals surface area contributed by atoms with Crippen LogP contribution in [0.5, 0.6) is 0 Å². The average molecular weight is 425 g/mol. The summed E-state index contributed by atoms with van der Waals surface area (Å²) >= 11 is 0. The standard InChI is InChI=1S/C24H44N2O4/c1-22(2,3)19(28)12-10-11-18(27)15-17(26-24(7,8)9)16-21(30)25-14-13-20(29)23(4,5)6/h17,26H,10-16H2,1-9H3,(H,25,30). The summed E-state index contributed by atoms with van der Waals surface area (Å²) in [5.41, 5.74) is -1.04. The Labute approximate surface area is 183 Å². The van der Waals surface area contributed by atoms with Crippen LogP contribution in [0.2, 0.25) is 0 Å². The number of hydrogen-bond acceptors (Lipinski definition) is 5. The summed E-state index contributed by atoms with van der Waals surface area (Å²) in [7, 11) is 0. The van der Waals surface area contributed by atoms with Gasteiger partial charge in [0.25, 0.3) is 0 Å². The van der Waals surface area contributed by atoms with Crippen LogP contribution in [0, 0.1) is 10.8 Å². The van der Waals surface area contributed by atoms with E-state index in [9.17, 15) is 19.2 Å². The fraction of sp³-hybridized carbons (Fsp3) is 0.833. The third kappa shape index (κ3) is 13.6. The normalized spacial score (nSPS) is 13.6. The van der Waals surface area contributed by atoms with Crippen LogP contribution < -0.4 is 10.6 Å². The SMILES string of the molecule is CC(C)(C)NC(CC(=O)CCCC(=O)C(C)(C)C)CC(=O)NCCC(=O)C(C)(C)C. The van der Waals surface area contributed by atoms with Crippen molar-refractivity contribution >= 4 is 23.3 Å². The molecule has 0 heterocycles. The topological polar surface area (TPSA) is 92.3 Å². The number of Topliss-reactive ketones (excluding diaryl/α,β-unsaturated/α-hetero) is 3. The van der Waals surface area contributed by atoms with Gasteiger partial charge in [-0.2, -0.15) is 0 Å². The lowest BCUT2D eigenvalue weighted by molar-refractivity contribution is -0.127. The van der Waals surface area contributed by atoms with Crippen LogP contribution in [0.4, 0.5) is 0 Å². The summed E-state index contributed by atoms with van der Waals surface area (Å²) in [4.78, 5) is 48.8. The molecular weight excluding hydrogens is 380 g/mol. The Kier molecular flexibility index (Phi) is 11.1. The van der Waals surface area contributed by atoms with Crippen molar-refractivity contribution in [3.63, 3.8) is 0 Å². The molecule has 6 heteroatoms. The quantitative estimate of drug-likeness (QED) is 0.494. The first-order valence-electron chi connectivity index (χ1n) is 11.0. The van der Waals surface area contributed by atoms with Gasteiger partial charge in [-0.25, -0.2) is 0 Å². The molecule has 0 aromatic carbocycles. The first kappa shape index (κ1) is 28.4. The zero-order valence-electron chi connectivity index (χ0n) is 20.7. The molecule has 0 aliphatic carbocycles. The maximum absolute atomic E-state index is 12.4. The van der Waals surface area contributed by atoms with E-state index >= 15 is 0 Å². The maximum atomic E-state index is 12.4. The fourth-order valence-corrected chi connectivity index (χ4v) is 2.97. The van der Waals surface area contributed by atoms with Crippen molar-refractivity contribution < 1.29 is 19.2 Å². The van der Waals surface area contributed by atoms with E-state index < -0.39 is 5.41 Å². The lowest BCUT2D eigenvalue weighted by atomic mass is 9.87. The van der Waals surface area contributed by atoms with Crippen molar-refractivity contribution in [2.45, 2.75) is 112 Å². The van der Waals surface area contributed by atoms with E-state index in [1.54, 1.807) is 0 Å². The minimum absolute atomic E-state index is 0.0502. The molecule has 0 fully saturated rings. The number of hydrogen-bond donors (Lipinski definition) is 2. The summed E-state index contributed by atoms with van der Waals surface area (Å²) in [6.45, 7) is 17.5. The van der Waals surface area contributed by atoms with Gasteiger partial charge in [0, 0.05) is 61.1 Å². The van der Waals surface area contributed by atoms with E-state index in [0.29, 0.717) is 32.2 Å². The summed E-state index contributed by atoms with van der Waals surface area (Å²) in [6.07, 6.45) is 2.00. The van der Waals surface area contributed by atoms with Gasteiger partial charge in [-0.05, 0) is 27.2 Å². The highest BCUT2D eigenvalue weighted by atomic mass is 16.2. The van der Waals surface area contributed by atoms with Gasteiger partial charge in [-0.3, -0.25) is 19.2 Å². The van der Waals surface area contributed by atoms with Crippen LogP contribution in [0.1, 0.15) is 101 Å². The van der Waals surface area contributed by atoms with Crippen LogP contribution in [0.15, 0.2) is 0 Å². The predicted molar refractivity (Wildman–Crippen MR) is 121 cm³/mol. The van der Waals surface area contributed by atoms with E-state index in [2.05, 4.69) is 10.6 Å². The van der Waals surface area contributed by atoms with Gasteiger partial charge in [0.1, 0.15) is 17.3 Å². The van der Waals surface area contributed by atoms with Gasteiger partial charge >= 0.3 is 0 Å². The predicted octanol–water partition coefficient (Wildman–Crippen LogP) is 4.00. The maximum Gasteiger partial charge on any atom is 0.221 e. The molecule has 2 N–H and O–H groups in total. The Hall–Kier alpha value is -1.56. The Balaban J connectivity index is 4.62. The third-order valence-corrected chi connectivity index (χ3v) is 4.75. The summed E-state index contributed by atoms with van der Waals surface area (Å²) in [5.74, 6) is 0.138. The Morgan fingerprint density at radius 2 is 1.20 bits per heavy atom. The van der Waals surface area contributed by atoms with Crippen LogP contribution in [-0.4, -0.2) is 41.4 Å². The average Bonchev–Trinajstić information content (AvgIpc) is 2.50. The molecule has 174 valence electrons. The smallest absolute Gasteiger partial charge is 0.221 e. The molecule has 1 amide bonds. The molecular formula is C24H44N2O4. The monoisotopic (exact) mass is 424 g/mol. The van der Waals surface area contributed by atoms with E-state index in [1.807, 2.05) is 62.3 Å². The van der Waals surface area contributed by atoms with Crippen LogP contribution in [0.25, 0.3) is 0 Å². The Morgan fingerprint density at radius 1 is 0.700 bits per heavy atom. The molecule has 0 aromatic heterocycles. The molecule has 0 aliphatic rings. The Bertz CT molecular complexity index is 558. The molecule has 30 heavy (non-hydrogen) atoms. The zero-order valence-corrected chi connectivity index (χ0v) is 20.7. The summed E-state index contributed by atoms with van der Waals surface area (Å²) in [5, 5.41) is 6.14. The molecule has 0 spiro atoms. The molecule has 0 bridgehead atoms. The number of rotatable bonds is 12. The second-order valence-corrected chi connectivity index (χ2v) is 11.3. The van der Waals surface area contributed by atoms with E-state index in [1.165, 1.54) is 0 Å². The Morgan fingerprint density at radius 3 is 1.67 bits per heavy atom. The molecule has 0 radical (unpaired) electrons. The van der Waals surface area contributed by atoms with E-state index in [-0.39, 0.29) is 53.1 Å². The second kappa shape index (κ2) is 11.7. The van der Waals surface area contributed by atoms with Gasteiger partial charge in [0.05, 0.1) is 0 Å². The first-order valence-corrected chi connectivity index (χ1v) is 11.0. The number of nitrogens with one attached hydrogen (secondary N) is 2. The van der Waals surface area contributed by atoms with Crippen molar-refractivity contribution in [3.8, 4) is 0 Å². The molecule has 0 rings (SSSR count). The number of carbonyl (C=O) groups is 4. The molecule has 1 atom stereocenters. The minimum Gasteiger partial charge on any atom is -0.356 e. The summed E-state index contributed by atoms with van der Waals surface area (Å²) < 4.78 is 0.